The Kier molecular flexibility index (Phi) is 9.18. The maximum absolute atomic E-state index is 12.3. The van der Waals surface area contributed by atoms with Crippen LogP contribution < -0.4 is 16.0 Å². The molecule has 2 aliphatic rings. The number of hydrogen-bond acceptors (Lipinski definition) is 4. The predicted molar refractivity (Wildman–Crippen MR) is 165 cm³/mol. The van der Waals surface area contributed by atoms with Crippen LogP contribution in [0.5, 0.6) is 0 Å². The first-order valence-corrected chi connectivity index (χ1v) is 14.4. The van der Waals surface area contributed by atoms with Crippen molar-refractivity contribution in [2.75, 3.05) is 0 Å². The summed E-state index contributed by atoms with van der Waals surface area (Å²) < 4.78 is 0. The van der Waals surface area contributed by atoms with Gasteiger partial charge in [0.05, 0.1) is 11.6 Å². The van der Waals surface area contributed by atoms with E-state index >= 15 is 0 Å². The number of aliphatic imine (C=N–C) groups is 1. The third-order valence-corrected chi connectivity index (χ3v) is 8.35. The summed E-state index contributed by atoms with van der Waals surface area (Å²) in [7, 11) is 0. The Hall–Kier alpha value is -4.73. The maximum Gasteiger partial charge on any atom is 0.303 e. The quantitative estimate of drug-likeness (QED) is 0.286. The van der Waals surface area contributed by atoms with E-state index in [9.17, 15) is 29.4 Å². The number of aromatic nitrogens is 2. The fourth-order valence-corrected chi connectivity index (χ4v) is 5.77. The standard InChI is InChI=1S/C33H38N4O6/c1-7-20-19(6)32(42)37-27(20)14-25-18(5)23(10-12-31(40)41)29(35-25)15-28-22(9-11-30(38)39)17(4)24(34-28)13-26-16(3)21(8-2)33(43)36-26/h7,13-15,19,34-35H,8-12H2,1-6H3,(H,37,42)(H,38,39)(H,40,41)/b20-7-,24-13?,27-14-,28-15-/t19-/m0/s1. The van der Waals surface area contributed by atoms with Gasteiger partial charge in [0, 0.05) is 46.2 Å². The van der Waals surface area contributed by atoms with Crippen LogP contribution in [0.25, 0.3) is 18.2 Å². The third-order valence-electron chi connectivity index (χ3n) is 8.35. The van der Waals surface area contributed by atoms with Crippen molar-refractivity contribution in [2.24, 2.45) is 10.9 Å². The van der Waals surface area contributed by atoms with E-state index in [2.05, 4.69) is 20.3 Å². The number of nitrogens with one attached hydrogen (secondary N) is 3. The Morgan fingerprint density at radius 3 is 2.12 bits per heavy atom. The number of carbonyl (C=O) groups is 4. The fraction of sp³-hybridized carbons (Fsp3) is 0.364. The van der Waals surface area contributed by atoms with Crippen LogP contribution in [0.4, 0.5) is 0 Å². The molecule has 5 N–H and O–H groups in total. The summed E-state index contributed by atoms with van der Waals surface area (Å²) in [4.78, 5) is 58.8. The Morgan fingerprint density at radius 2 is 1.53 bits per heavy atom. The summed E-state index contributed by atoms with van der Waals surface area (Å²) in [6.07, 6.45) is 8.45. The number of rotatable bonds is 10. The van der Waals surface area contributed by atoms with E-state index in [1.165, 1.54) is 0 Å². The molecule has 0 aromatic carbocycles. The lowest BCUT2D eigenvalue weighted by Crippen LogP contribution is -2.16. The summed E-state index contributed by atoms with van der Waals surface area (Å²) in [5.41, 5.74) is 8.40. The molecular weight excluding hydrogens is 548 g/mol. The minimum atomic E-state index is -0.923. The zero-order valence-electron chi connectivity index (χ0n) is 25.4. The third kappa shape index (κ3) is 6.38. The highest BCUT2D eigenvalue weighted by molar-refractivity contribution is 6.30. The Morgan fingerprint density at radius 1 is 0.884 bits per heavy atom. The van der Waals surface area contributed by atoms with E-state index in [-0.39, 0.29) is 43.4 Å². The van der Waals surface area contributed by atoms with Gasteiger partial charge in [0.1, 0.15) is 0 Å². The van der Waals surface area contributed by atoms with Crippen molar-refractivity contribution in [3.8, 4) is 0 Å². The van der Waals surface area contributed by atoms with Crippen molar-refractivity contribution in [1.29, 1.82) is 0 Å². The van der Waals surface area contributed by atoms with Gasteiger partial charge in [-0.15, -0.1) is 0 Å². The van der Waals surface area contributed by atoms with Gasteiger partial charge in [-0.05, 0) is 106 Å². The molecule has 43 heavy (non-hydrogen) atoms. The summed E-state index contributed by atoms with van der Waals surface area (Å²) in [5, 5.41) is 23.2. The lowest BCUT2D eigenvalue weighted by atomic mass is 10.00. The van der Waals surface area contributed by atoms with Gasteiger partial charge in [0.15, 0.2) is 0 Å². The number of hydrogen-bond donors (Lipinski definition) is 5. The molecule has 2 aliphatic heterocycles. The van der Waals surface area contributed by atoms with E-state index in [0.717, 1.165) is 39.1 Å². The molecule has 4 heterocycles. The van der Waals surface area contributed by atoms with Gasteiger partial charge < -0.3 is 25.5 Å². The molecule has 0 unspecified atom stereocenters. The van der Waals surface area contributed by atoms with Crippen molar-refractivity contribution in [2.45, 2.75) is 73.6 Å². The van der Waals surface area contributed by atoms with E-state index in [1.54, 1.807) is 0 Å². The molecule has 1 saturated heterocycles. The number of aromatic amines is 2. The number of nitrogens with zero attached hydrogens (tertiary/aromatic N) is 1. The van der Waals surface area contributed by atoms with Crippen LogP contribution in [0, 0.1) is 19.8 Å². The van der Waals surface area contributed by atoms with Crippen LogP contribution >= 0.6 is 0 Å². The van der Waals surface area contributed by atoms with Gasteiger partial charge in [0.2, 0.25) is 5.91 Å². The van der Waals surface area contributed by atoms with E-state index < -0.39 is 11.9 Å². The van der Waals surface area contributed by atoms with Crippen LogP contribution in [-0.4, -0.2) is 49.6 Å². The normalized spacial score (nSPS) is 19.8. The largest absolute Gasteiger partial charge is 0.481 e. The number of aliphatic carboxylic acids is 2. The smallest absolute Gasteiger partial charge is 0.303 e. The number of allylic oxidation sites excluding steroid dienone is 3. The van der Waals surface area contributed by atoms with Crippen molar-refractivity contribution in [3.63, 3.8) is 0 Å². The average Bonchev–Trinajstić information content (AvgIpc) is 3.59. The summed E-state index contributed by atoms with van der Waals surface area (Å²) in [6, 6.07) is 0. The number of carbonyl (C=O) groups excluding carboxylic acids is 2. The van der Waals surface area contributed by atoms with Gasteiger partial charge in [-0.25, -0.2) is 4.99 Å². The van der Waals surface area contributed by atoms with Crippen LogP contribution in [0.15, 0.2) is 33.5 Å². The van der Waals surface area contributed by atoms with Gasteiger partial charge >= 0.3 is 11.9 Å². The second kappa shape index (κ2) is 12.6. The molecule has 0 spiro atoms. The van der Waals surface area contributed by atoms with Crippen molar-refractivity contribution in [1.82, 2.24) is 15.3 Å². The van der Waals surface area contributed by atoms with Crippen molar-refractivity contribution >= 4 is 47.7 Å². The first-order valence-electron chi connectivity index (χ1n) is 14.4. The predicted octanol–water partition coefficient (Wildman–Crippen LogP) is 3.36. The van der Waals surface area contributed by atoms with Crippen LogP contribution in [0.2, 0.25) is 0 Å². The molecular formula is C33H38N4O6. The highest BCUT2D eigenvalue weighted by atomic mass is 16.4. The van der Waals surface area contributed by atoms with Crippen molar-refractivity contribution < 1.29 is 29.4 Å². The molecule has 226 valence electrons. The molecule has 0 saturated carbocycles. The Bertz CT molecular complexity index is 1780. The molecule has 1 fully saturated rings. The number of carboxylic acids is 2. The van der Waals surface area contributed by atoms with E-state index in [4.69, 9.17) is 0 Å². The molecule has 2 aromatic heterocycles. The maximum atomic E-state index is 12.3. The molecule has 0 aliphatic carbocycles. The van der Waals surface area contributed by atoms with Gasteiger partial charge in [-0.1, -0.05) is 13.0 Å². The summed E-state index contributed by atoms with van der Waals surface area (Å²) in [6.45, 7) is 11.3. The van der Waals surface area contributed by atoms with Crippen molar-refractivity contribution in [3.05, 3.63) is 72.8 Å². The molecule has 2 amide bonds. The zero-order chi connectivity index (χ0) is 31.6. The number of carboxylic acid groups (broad SMARTS) is 2. The summed E-state index contributed by atoms with van der Waals surface area (Å²) in [5.74, 6) is -2.44. The fourth-order valence-electron chi connectivity index (χ4n) is 5.77. The first-order chi connectivity index (χ1) is 20.4. The second-order valence-electron chi connectivity index (χ2n) is 11.0. The molecule has 2 aromatic rings. The molecule has 0 radical (unpaired) electrons. The first kappa shape index (κ1) is 31.2. The van der Waals surface area contributed by atoms with Gasteiger partial charge in [0.25, 0.3) is 5.91 Å². The molecule has 10 heteroatoms. The monoisotopic (exact) mass is 586 g/mol. The van der Waals surface area contributed by atoms with E-state index in [0.29, 0.717) is 39.8 Å². The lowest BCUT2D eigenvalue weighted by molar-refractivity contribution is -0.138. The van der Waals surface area contributed by atoms with Crippen LogP contribution in [-0.2, 0) is 32.0 Å². The average molecular weight is 587 g/mol. The highest BCUT2D eigenvalue weighted by Crippen LogP contribution is 2.29. The molecule has 1 atom stereocenters. The minimum absolute atomic E-state index is 0.0721. The topological polar surface area (TPSA) is 165 Å². The van der Waals surface area contributed by atoms with Crippen LogP contribution in [0.1, 0.15) is 80.6 Å². The van der Waals surface area contributed by atoms with Crippen LogP contribution in [0.3, 0.4) is 0 Å². The number of H-pyrrole nitrogens is 2. The Balaban J connectivity index is 1.91. The number of amides is 2. The second-order valence-corrected chi connectivity index (χ2v) is 11.0. The SMILES string of the molecule is C/C=C1\C(=C\c2[nH]c(/C=c3\[nH]c(=CC4=NC(=O)C(CC)=C4C)c(C)c3CCC(=O)O)c(CCC(=O)O)c2C)NC(=O)[C@H]1C. The Labute approximate surface area is 249 Å². The van der Waals surface area contributed by atoms with Gasteiger partial charge in [-0.2, -0.15) is 0 Å². The van der Waals surface area contributed by atoms with Gasteiger partial charge in [-0.3, -0.25) is 19.2 Å². The van der Waals surface area contributed by atoms with E-state index in [1.807, 2.05) is 65.8 Å². The summed E-state index contributed by atoms with van der Waals surface area (Å²) >= 11 is 0. The highest BCUT2D eigenvalue weighted by Gasteiger charge is 2.29. The molecule has 0 bridgehead atoms. The molecule has 4 rings (SSSR count). The minimum Gasteiger partial charge on any atom is -0.481 e. The zero-order valence-corrected chi connectivity index (χ0v) is 25.4. The molecule has 10 nitrogen and oxygen atoms in total. The lowest BCUT2D eigenvalue weighted by Gasteiger charge is -2.03.